The Bertz CT molecular complexity index is 352. The van der Waals surface area contributed by atoms with Gasteiger partial charge in [0.25, 0.3) is 0 Å². The molecule has 0 saturated heterocycles. The zero-order chi connectivity index (χ0) is 10.3. The van der Waals surface area contributed by atoms with E-state index < -0.39 is 0 Å². The maximum Gasteiger partial charge on any atom is 0.111 e. The van der Waals surface area contributed by atoms with Crippen LogP contribution in [0.3, 0.4) is 0 Å². The van der Waals surface area contributed by atoms with Crippen LogP contribution in [0.25, 0.3) is 0 Å². The Kier molecular flexibility index (Phi) is 2.28. The summed E-state index contributed by atoms with van der Waals surface area (Å²) in [6.45, 7) is 1.93. The highest BCUT2D eigenvalue weighted by molar-refractivity contribution is 5.13. The normalized spacial score (nSPS) is 26.1. The smallest absolute Gasteiger partial charge is 0.111 e. The van der Waals surface area contributed by atoms with E-state index in [9.17, 15) is 0 Å². The molecule has 1 aliphatic heterocycles. The molecule has 1 aromatic rings. The van der Waals surface area contributed by atoms with Crippen molar-refractivity contribution < 1.29 is 0 Å². The Morgan fingerprint density at radius 2 is 2.27 bits per heavy atom. The van der Waals surface area contributed by atoms with Crippen molar-refractivity contribution in [1.29, 1.82) is 0 Å². The second kappa shape index (κ2) is 3.63. The van der Waals surface area contributed by atoms with Gasteiger partial charge in [0.05, 0.1) is 0 Å². The predicted octanol–water partition coefficient (Wildman–Crippen LogP) is 1.67. The number of rotatable bonds is 2. The molecule has 0 aromatic carbocycles. The first-order valence-corrected chi connectivity index (χ1v) is 6.13. The van der Waals surface area contributed by atoms with Gasteiger partial charge in [0, 0.05) is 24.4 Å². The second-order valence-corrected chi connectivity index (χ2v) is 4.99. The minimum absolute atomic E-state index is 0.672. The van der Waals surface area contributed by atoms with Crippen molar-refractivity contribution in [3.63, 3.8) is 0 Å². The maximum atomic E-state index is 5.77. The monoisotopic (exact) mass is 205 g/mol. The van der Waals surface area contributed by atoms with E-state index in [1.807, 2.05) is 0 Å². The lowest BCUT2D eigenvalue weighted by Crippen LogP contribution is -2.28. The Morgan fingerprint density at radius 1 is 1.40 bits per heavy atom. The van der Waals surface area contributed by atoms with Crippen LogP contribution in [-0.2, 0) is 13.0 Å². The fourth-order valence-electron chi connectivity index (χ4n) is 2.72. The molecule has 1 fully saturated rings. The van der Waals surface area contributed by atoms with Crippen molar-refractivity contribution in [2.75, 3.05) is 6.54 Å². The summed E-state index contributed by atoms with van der Waals surface area (Å²) < 4.78 is 2.45. The third-order valence-electron chi connectivity index (χ3n) is 4.02. The molecule has 3 nitrogen and oxygen atoms in total. The summed E-state index contributed by atoms with van der Waals surface area (Å²) in [7, 11) is 0. The number of aromatic nitrogens is 2. The molecule has 0 amide bonds. The molecule has 1 aliphatic carbocycles. The van der Waals surface area contributed by atoms with Gasteiger partial charge in [-0.25, -0.2) is 4.98 Å². The second-order valence-electron chi connectivity index (χ2n) is 4.99. The molecule has 1 saturated carbocycles. The van der Waals surface area contributed by atoms with Gasteiger partial charge >= 0.3 is 0 Å². The van der Waals surface area contributed by atoms with Gasteiger partial charge in [-0.15, -0.1) is 0 Å². The first-order valence-electron chi connectivity index (χ1n) is 6.13. The highest BCUT2D eigenvalue weighted by atomic mass is 15.1. The molecule has 2 N–H and O–H groups in total. The lowest BCUT2D eigenvalue weighted by atomic mass is 9.84. The number of hydrogen-bond acceptors (Lipinski definition) is 2. The van der Waals surface area contributed by atoms with E-state index in [1.165, 1.54) is 43.6 Å². The number of nitrogens with two attached hydrogens (primary N) is 1. The number of aryl methyl sites for hydroxylation is 1. The van der Waals surface area contributed by atoms with Gasteiger partial charge in [0.2, 0.25) is 0 Å². The van der Waals surface area contributed by atoms with Crippen LogP contribution in [0.2, 0.25) is 0 Å². The first-order chi connectivity index (χ1) is 7.38. The zero-order valence-corrected chi connectivity index (χ0v) is 9.15. The molecule has 1 aromatic heterocycles. The Hall–Kier alpha value is -0.830. The lowest BCUT2D eigenvalue weighted by molar-refractivity contribution is 0.335. The number of nitrogens with zero attached hydrogens (tertiary/aromatic N) is 2. The Morgan fingerprint density at radius 3 is 2.93 bits per heavy atom. The number of imidazole rings is 1. The highest BCUT2D eigenvalue weighted by Gasteiger charge is 2.28. The molecule has 0 bridgehead atoms. The number of hydrogen-bond donors (Lipinski definition) is 1. The summed E-state index contributed by atoms with van der Waals surface area (Å²) in [5.41, 5.74) is 7.20. The van der Waals surface area contributed by atoms with Crippen LogP contribution < -0.4 is 5.73 Å². The summed E-state index contributed by atoms with van der Waals surface area (Å²) in [4.78, 5) is 4.61. The summed E-state index contributed by atoms with van der Waals surface area (Å²) in [5, 5.41) is 0. The third-order valence-corrected chi connectivity index (χ3v) is 4.02. The van der Waals surface area contributed by atoms with Gasteiger partial charge in [-0.2, -0.15) is 0 Å². The van der Waals surface area contributed by atoms with E-state index in [0.29, 0.717) is 5.92 Å². The SMILES string of the molecule is NCC1CCc2cnc(C3CCC3)n2C1. The van der Waals surface area contributed by atoms with Crippen molar-refractivity contribution in [1.82, 2.24) is 9.55 Å². The van der Waals surface area contributed by atoms with Gasteiger partial charge in [0.1, 0.15) is 5.82 Å². The van der Waals surface area contributed by atoms with Crippen molar-refractivity contribution in [2.45, 2.75) is 44.6 Å². The van der Waals surface area contributed by atoms with Gasteiger partial charge in [0.15, 0.2) is 0 Å². The van der Waals surface area contributed by atoms with E-state index >= 15 is 0 Å². The molecule has 0 radical (unpaired) electrons. The molecule has 3 heteroatoms. The Labute approximate surface area is 90.7 Å². The molecule has 0 spiro atoms. The van der Waals surface area contributed by atoms with Crippen molar-refractivity contribution in [3.05, 3.63) is 17.7 Å². The highest BCUT2D eigenvalue weighted by Crippen LogP contribution is 2.37. The standard InChI is InChI=1S/C12H19N3/c13-6-9-4-5-11-7-14-12(15(11)8-9)10-2-1-3-10/h7,9-10H,1-6,8,13H2. The van der Waals surface area contributed by atoms with Crippen LogP contribution in [0.5, 0.6) is 0 Å². The minimum atomic E-state index is 0.672. The molecule has 2 aliphatic rings. The minimum Gasteiger partial charge on any atom is -0.332 e. The third kappa shape index (κ3) is 1.49. The first kappa shape index (κ1) is 9.40. The summed E-state index contributed by atoms with van der Waals surface area (Å²) >= 11 is 0. The van der Waals surface area contributed by atoms with Gasteiger partial charge in [-0.05, 0) is 38.1 Å². The number of fused-ring (bicyclic) bond motifs is 1. The molecule has 1 atom stereocenters. The van der Waals surface area contributed by atoms with Crippen LogP contribution in [0, 0.1) is 5.92 Å². The summed E-state index contributed by atoms with van der Waals surface area (Å²) in [6, 6.07) is 0. The van der Waals surface area contributed by atoms with E-state index in [0.717, 1.165) is 19.0 Å². The molecule has 1 unspecified atom stereocenters. The van der Waals surface area contributed by atoms with Crippen LogP contribution in [0.4, 0.5) is 0 Å². The van der Waals surface area contributed by atoms with Crippen LogP contribution in [0.15, 0.2) is 6.20 Å². The molecular formula is C12H19N3. The summed E-state index contributed by atoms with van der Waals surface area (Å²) in [5.74, 6) is 2.76. The average Bonchev–Trinajstić information content (AvgIpc) is 2.59. The molecule has 15 heavy (non-hydrogen) atoms. The van der Waals surface area contributed by atoms with Crippen molar-refractivity contribution in [3.8, 4) is 0 Å². The van der Waals surface area contributed by atoms with E-state index in [4.69, 9.17) is 5.73 Å². The molecular weight excluding hydrogens is 186 g/mol. The quantitative estimate of drug-likeness (QED) is 0.798. The van der Waals surface area contributed by atoms with Crippen LogP contribution >= 0.6 is 0 Å². The van der Waals surface area contributed by atoms with Gasteiger partial charge in [-0.3, -0.25) is 0 Å². The van der Waals surface area contributed by atoms with Gasteiger partial charge in [-0.1, -0.05) is 6.42 Å². The van der Waals surface area contributed by atoms with Crippen molar-refractivity contribution >= 4 is 0 Å². The van der Waals surface area contributed by atoms with E-state index in [2.05, 4.69) is 15.7 Å². The lowest BCUT2D eigenvalue weighted by Gasteiger charge is -2.30. The fraction of sp³-hybridized carbons (Fsp3) is 0.750. The average molecular weight is 205 g/mol. The topological polar surface area (TPSA) is 43.8 Å². The molecule has 82 valence electrons. The van der Waals surface area contributed by atoms with E-state index in [1.54, 1.807) is 0 Å². The maximum absolute atomic E-state index is 5.77. The largest absolute Gasteiger partial charge is 0.332 e. The molecule has 3 rings (SSSR count). The zero-order valence-electron chi connectivity index (χ0n) is 9.15. The van der Waals surface area contributed by atoms with E-state index in [-0.39, 0.29) is 0 Å². The van der Waals surface area contributed by atoms with Crippen molar-refractivity contribution in [2.24, 2.45) is 11.7 Å². The van der Waals surface area contributed by atoms with Crippen LogP contribution in [-0.4, -0.2) is 16.1 Å². The van der Waals surface area contributed by atoms with Crippen LogP contribution in [0.1, 0.15) is 43.1 Å². The fourth-order valence-corrected chi connectivity index (χ4v) is 2.72. The molecule has 2 heterocycles. The predicted molar refractivity (Wildman–Crippen MR) is 59.7 cm³/mol. The Balaban J connectivity index is 1.88. The van der Waals surface area contributed by atoms with Gasteiger partial charge < -0.3 is 10.3 Å². The summed E-state index contributed by atoms with van der Waals surface area (Å²) in [6.07, 6.45) is 8.55.